The first kappa shape index (κ1) is 11.0. The smallest absolute Gasteiger partial charge is 0.163 e. The molecule has 0 spiro atoms. The summed E-state index contributed by atoms with van der Waals surface area (Å²) < 4.78 is 5.26. The molecule has 0 amide bonds. The molecule has 16 heavy (non-hydrogen) atoms. The van der Waals surface area contributed by atoms with Crippen LogP contribution in [-0.4, -0.2) is 37.2 Å². The van der Waals surface area contributed by atoms with Crippen LogP contribution in [0.3, 0.4) is 0 Å². The van der Waals surface area contributed by atoms with Gasteiger partial charge in [0.2, 0.25) is 0 Å². The van der Waals surface area contributed by atoms with E-state index < -0.39 is 0 Å². The number of phenols is 1. The lowest BCUT2D eigenvalue weighted by atomic mass is 10.1. The van der Waals surface area contributed by atoms with Crippen LogP contribution in [0.5, 0.6) is 5.75 Å². The Hall–Kier alpha value is -1.55. The number of nitrogens with zero attached hydrogens (tertiary/aromatic N) is 1. The Morgan fingerprint density at radius 3 is 2.69 bits per heavy atom. The summed E-state index contributed by atoms with van der Waals surface area (Å²) in [6.45, 7) is 4.51. The van der Waals surface area contributed by atoms with Crippen LogP contribution < -0.4 is 4.90 Å². The van der Waals surface area contributed by atoms with Crippen LogP contribution in [0.25, 0.3) is 0 Å². The fraction of sp³-hybridized carbons (Fsp3) is 0.417. The van der Waals surface area contributed by atoms with E-state index in [0.717, 1.165) is 18.8 Å². The fourth-order valence-corrected chi connectivity index (χ4v) is 1.82. The second-order valence-electron chi connectivity index (χ2n) is 3.86. The average molecular weight is 221 g/mol. The van der Waals surface area contributed by atoms with E-state index in [1.54, 1.807) is 12.1 Å². The quantitative estimate of drug-likeness (QED) is 0.767. The molecule has 0 saturated carbocycles. The topological polar surface area (TPSA) is 49.8 Å². The van der Waals surface area contributed by atoms with Crippen molar-refractivity contribution in [2.24, 2.45) is 0 Å². The SMILES string of the molecule is CC(=O)c1cc(N2CCOCC2)ccc1O. The summed E-state index contributed by atoms with van der Waals surface area (Å²) in [7, 11) is 0. The molecule has 1 aromatic carbocycles. The maximum atomic E-state index is 11.3. The Labute approximate surface area is 94.4 Å². The highest BCUT2D eigenvalue weighted by atomic mass is 16.5. The molecular formula is C12H15NO3. The highest BCUT2D eigenvalue weighted by Gasteiger charge is 2.14. The third-order valence-electron chi connectivity index (χ3n) is 2.74. The number of rotatable bonds is 2. The van der Waals surface area contributed by atoms with Gasteiger partial charge in [-0.3, -0.25) is 4.79 Å². The van der Waals surface area contributed by atoms with Crippen molar-refractivity contribution in [3.05, 3.63) is 23.8 Å². The average Bonchev–Trinajstić information content (AvgIpc) is 2.30. The molecule has 1 aromatic rings. The minimum atomic E-state index is -0.118. The van der Waals surface area contributed by atoms with Crippen molar-refractivity contribution in [2.45, 2.75) is 6.92 Å². The third-order valence-corrected chi connectivity index (χ3v) is 2.74. The van der Waals surface area contributed by atoms with Gasteiger partial charge in [-0.1, -0.05) is 0 Å². The second-order valence-corrected chi connectivity index (χ2v) is 3.86. The van der Waals surface area contributed by atoms with Crippen LogP contribution in [0, 0.1) is 0 Å². The monoisotopic (exact) mass is 221 g/mol. The van der Waals surface area contributed by atoms with Crippen LogP contribution in [0.1, 0.15) is 17.3 Å². The molecule has 4 nitrogen and oxygen atoms in total. The van der Waals surface area contributed by atoms with Gasteiger partial charge in [0.1, 0.15) is 5.75 Å². The lowest BCUT2D eigenvalue weighted by Gasteiger charge is -2.29. The fourth-order valence-electron chi connectivity index (χ4n) is 1.82. The molecule has 0 atom stereocenters. The highest BCUT2D eigenvalue weighted by Crippen LogP contribution is 2.25. The largest absolute Gasteiger partial charge is 0.507 e. The summed E-state index contributed by atoms with van der Waals surface area (Å²) >= 11 is 0. The van der Waals surface area contributed by atoms with Crippen molar-refractivity contribution >= 4 is 11.5 Å². The zero-order valence-corrected chi connectivity index (χ0v) is 9.27. The number of Topliss-reactive ketones (excluding diaryl/α,β-unsaturated/α-hetero) is 1. The molecular weight excluding hydrogens is 206 g/mol. The number of carbonyl (C=O) groups excluding carboxylic acids is 1. The van der Waals surface area contributed by atoms with Crippen LogP contribution in [-0.2, 0) is 4.74 Å². The van der Waals surface area contributed by atoms with Gasteiger partial charge in [-0.15, -0.1) is 0 Å². The zero-order chi connectivity index (χ0) is 11.5. The van der Waals surface area contributed by atoms with Crippen LogP contribution in [0.4, 0.5) is 5.69 Å². The molecule has 0 aromatic heterocycles. The number of hydrogen-bond acceptors (Lipinski definition) is 4. The van der Waals surface area contributed by atoms with E-state index >= 15 is 0 Å². The molecule has 1 aliphatic rings. The molecule has 0 unspecified atom stereocenters. The summed E-state index contributed by atoms with van der Waals surface area (Å²) in [5.74, 6) is -0.0721. The van der Waals surface area contributed by atoms with E-state index in [2.05, 4.69) is 4.90 Å². The lowest BCUT2D eigenvalue weighted by Crippen LogP contribution is -2.36. The van der Waals surface area contributed by atoms with E-state index in [-0.39, 0.29) is 11.5 Å². The van der Waals surface area contributed by atoms with Crippen molar-refractivity contribution in [3.8, 4) is 5.75 Å². The first-order valence-corrected chi connectivity index (χ1v) is 5.35. The minimum Gasteiger partial charge on any atom is -0.507 e. The standard InChI is InChI=1S/C12H15NO3/c1-9(14)11-8-10(2-3-12(11)15)13-4-6-16-7-5-13/h2-3,8,15H,4-7H2,1H3. The maximum absolute atomic E-state index is 11.3. The lowest BCUT2D eigenvalue weighted by molar-refractivity contribution is 0.101. The highest BCUT2D eigenvalue weighted by molar-refractivity contribution is 5.97. The van der Waals surface area contributed by atoms with E-state index in [4.69, 9.17) is 4.74 Å². The van der Waals surface area contributed by atoms with Gasteiger partial charge in [-0.25, -0.2) is 0 Å². The number of benzene rings is 1. The number of anilines is 1. The number of ketones is 1. The first-order valence-electron chi connectivity index (χ1n) is 5.35. The molecule has 1 heterocycles. The van der Waals surface area contributed by atoms with Gasteiger partial charge in [0.25, 0.3) is 0 Å². The Kier molecular flexibility index (Phi) is 3.10. The Bertz CT molecular complexity index is 397. The first-order chi connectivity index (χ1) is 7.68. The minimum absolute atomic E-state index is 0.0458. The van der Waals surface area contributed by atoms with E-state index in [1.807, 2.05) is 6.07 Å². The van der Waals surface area contributed by atoms with Gasteiger partial charge in [0.15, 0.2) is 5.78 Å². The number of carbonyl (C=O) groups is 1. The van der Waals surface area contributed by atoms with Gasteiger partial charge in [0, 0.05) is 18.8 Å². The van der Waals surface area contributed by atoms with Gasteiger partial charge >= 0.3 is 0 Å². The van der Waals surface area contributed by atoms with E-state index in [0.29, 0.717) is 18.8 Å². The summed E-state index contributed by atoms with van der Waals surface area (Å²) in [5, 5.41) is 9.54. The van der Waals surface area contributed by atoms with E-state index in [1.165, 1.54) is 6.92 Å². The molecule has 1 fully saturated rings. The predicted octanol–water partition coefficient (Wildman–Crippen LogP) is 1.43. The molecule has 4 heteroatoms. The van der Waals surface area contributed by atoms with Gasteiger partial charge < -0.3 is 14.7 Å². The van der Waals surface area contributed by atoms with Crippen LogP contribution in [0.15, 0.2) is 18.2 Å². The third kappa shape index (κ3) is 2.17. The van der Waals surface area contributed by atoms with Crippen LogP contribution >= 0.6 is 0 Å². The zero-order valence-electron chi connectivity index (χ0n) is 9.27. The number of hydrogen-bond donors (Lipinski definition) is 1. The molecule has 86 valence electrons. The second kappa shape index (κ2) is 4.53. The number of ether oxygens (including phenoxy) is 1. The summed E-state index contributed by atoms with van der Waals surface area (Å²) in [5.41, 5.74) is 1.34. The number of phenolic OH excluding ortho intramolecular Hbond substituents is 1. The molecule has 2 rings (SSSR count). The maximum Gasteiger partial charge on any atom is 0.163 e. The predicted molar refractivity (Wildman–Crippen MR) is 61.1 cm³/mol. The van der Waals surface area contributed by atoms with Crippen molar-refractivity contribution in [2.75, 3.05) is 31.2 Å². The Morgan fingerprint density at radius 2 is 2.06 bits per heavy atom. The Balaban J connectivity index is 2.27. The van der Waals surface area contributed by atoms with Crippen molar-refractivity contribution in [3.63, 3.8) is 0 Å². The normalized spacial score (nSPS) is 16.2. The molecule has 1 aliphatic heterocycles. The van der Waals surface area contributed by atoms with E-state index in [9.17, 15) is 9.90 Å². The van der Waals surface area contributed by atoms with Crippen LogP contribution in [0.2, 0.25) is 0 Å². The van der Waals surface area contributed by atoms with Crippen molar-refractivity contribution < 1.29 is 14.6 Å². The molecule has 1 N–H and O–H groups in total. The Morgan fingerprint density at radius 1 is 1.38 bits per heavy atom. The number of morpholine rings is 1. The summed E-state index contributed by atoms with van der Waals surface area (Å²) in [6, 6.07) is 5.14. The van der Waals surface area contributed by atoms with Gasteiger partial charge in [-0.05, 0) is 25.1 Å². The molecule has 1 saturated heterocycles. The molecule has 0 aliphatic carbocycles. The van der Waals surface area contributed by atoms with Gasteiger partial charge in [0.05, 0.1) is 18.8 Å². The van der Waals surface area contributed by atoms with Gasteiger partial charge in [-0.2, -0.15) is 0 Å². The number of aromatic hydroxyl groups is 1. The van der Waals surface area contributed by atoms with Crippen molar-refractivity contribution in [1.29, 1.82) is 0 Å². The summed E-state index contributed by atoms with van der Waals surface area (Å²) in [4.78, 5) is 13.4. The molecule has 0 radical (unpaired) electrons. The summed E-state index contributed by atoms with van der Waals surface area (Å²) in [6.07, 6.45) is 0. The van der Waals surface area contributed by atoms with Crippen molar-refractivity contribution in [1.82, 2.24) is 0 Å². The molecule has 0 bridgehead atoms.